The van der Waals surface area contributed by atoms with Crippen molar-refractivity contribution in [2.75, 3.05) is 13.1 Å². The van der Waals surface area contributed by atoms with Gasteiger partial charge in [0.25, 0.3) is 0 Å². The van der Waals surface area contributed by atoms with Crippen molar-refractivity contribution < 1.29 is 0 Å². The molecule has 1 N–H and O–H groups in total. The van der Waals surface area contributed by atoms with Crippen LogP contribution in [0, 0.1) is 28.1 Å². The third-order valence-electron chi connectivity index (χ3n) is 6.75. The Hall–Kier alpha value is -0.0400. The smallest absolute Gasteiger partial charge is 0.00141 e. The minimum Gasteiger partial charge on any atom is -0.316 e. The second kappa shape index (κ2) is 3.98. The van der Waals surface area contributed by atoms with E-state index >= 15 is 0 Å². The van der Waals surface area contributed by atoms with Gasteiger partial charge in [-0.3, -0.25) is 0 Å². The van der Waals surface area contributed by atoms with Crippen LogP contribution in [0.2, 0.25) is 0 Å². The second-order valence-electron chi connectivity index (χ2n) is 7.94. The van der Waals surface area contributed by atoms with Crippen LogP contribution in [0.1, 0.15) is 60.8 Å². The molecule has 0 aromatic carbocycles. The third-order valence-corrected chi connectivity index (χ3v) is 6.75. The Morgan fingerprint density at radius 1 is 0.882 bits per heavy atom. The fraction of sp³-hybridized carbons (Fsp3) is 1.00. The van der Waals surface area contributed by atoms with Crippen molar-refractivity contribution in [3.05, 3.63) is 0 Å². The SMILES string of the molecule is CC(C)C1(C)CCC2(CNCC2(C)C(C)C)C1. The van der Waals surface area contributed by atoms with Crippen LogP contribution in [-0.2, 0) is 0 Å². The third kappa shape index (κ3) is 1.77. The zero-order chi connectivity index (χ0) is 12.9. The normalized spacial score (nSPS) is 46.6. The summed E-state index contributed by atoms with van der Waals surface area (Å²) in [5.41, 5.74) is 1.64. The van der Waals surface area contributed by atoms with Gasteiger partial charge in [0.2, 0.25) is 0 Å². The molecule has 1 saturated heterocycles. The van der Waals surface area contributed by atoms with Gasteiger partial charge in [-0.1, -0.05) is 41.5 Å². The molecular formula is C16H31N. The van der Waals surface area contributed by atoms with Gasteiger partial charge in [0.15, 0.2) is 0 Å². The molecule has 3 atom stereocenters. The highest BCUT2D eigenvalue weighted by Crippen LogP contribution is 2.63. The van der Waals surface area contributed by atoms with Crippen LogP contribution in [0.25, 0.3) is 0 Å². The van der Waals surface area contributed by atoms with Gasteiger partial charge in [0.05, 0.1) is 0 Å². The fourth-order valence-electron chi connectivity index (χ4n) is 4.37. The maximum Gasteiger partial charge on any atom is 0.00141 e. The molecule has 1 heterocycles. The van der Waals surface area contributed by atoms with E-state index in [4.69, 9.17) is 0 Å². The van der Waals surface area contributed by atoms with Crippen molar-refractivity contribution in [1.29, 1.82) is 0 Å². The largest absolute Gasteiger partial charge is 0.316 e. The average molecular weight is 237 g/mol. The summed E-state index contributed by atoms with van der Waals surface area (Å²) in [6.07, 6.45) is 4.29. The van der Waals surface area contributed by atoms with Gasteiger partial charge in [-0.25, -0.2) is 0 Å². The molecule has 1 spiro atoms. The first-order valence-corrected chi connectivity index (χ1v) is 7.47. The first kappa shape index (κ1) is 13.4. The molecule has 17 heavy (non-hydrogen) atoms. The van der Waals surface area contributed by atoms with Gasteiger partial charge in [0, 0.05) is 13.1 Å². The van der Waals surface area contributed by atoms with Crippen LogP contribution in [0.15, 0.2) is 0 Å². The van der Waals surface area contributed by atoms with Crippen molar-refractivity contribution in [3.63, 3.8) is 0 Å². The average Bonchev–Trinajstić information content (AvgIpc) is 2.73. The molecule has 0 amide bonds. The van der Waals surface area contributed by atoms with Crippen molar-refractivity contribution in [2.45, 2.75) is 60.8 Å². The van der Waals surface area contributed by atoms with E-state index in [9.17, 15) is 0 Å². The number of hydrogen-bond acceptors (Lipinski definition) is 1. The standard InChI is InChI=1S/C16H31N/c1-12(2)14(5)7-8-16(9-14)11-17-10-15(16,6)13(3)4/h12-13,17H,7-11H2,1-6H3. The molecule has 1 saturated carbocycles. The lowest BCUT2D eigenvalue weighted by Crippen LogP contribution is -2.42. The van der Waals surface area contributed by atoms with Crippen molar-refractivity contribution in [2.24, 2.45) is 28.1 Å². The van der Waals surface area contributed by atoms with Crippen LogP contribution < -0.4 is 5.32 Å². The summed E-state index contributed by atoms with van der Waals surface area (Å²) in [6, 6.07) is 0. The Bertz CT molecular complexity index is 296. The lowest BCUT2D eigenvalue weighted by Gasteiger charge is -2.45. The van der Waals surface area contributed by atoms with Gasteiger partial charge in [-0.15, -0.1) is 0 Å². The predicted molar refractivity (Wildman–Crippen MR) is 75.0 cm³/mol. The number of rotatable bonds is 2. The van der Waals surface area contributed by atoms with Crippen LogP contribution >= 0.6 is 0 Å². The summed E-state index contributed by atoms with van der Waals surface area (Å²) in [5, 5.41) is 3.70. The Kier molecular flexibility index (Phi) is 3.14. The summed E-state index contributed by atoms with van der Waals surface area (Å²) < 4.78 is 0. The lowest BCUT2D eigenvalue weighted by atomic mass is 9.58. The summed E-state index contributed by atoms with van der Waals surface area (Å²) >= 11 is 0. The van der Waals surface area contributed by atoms with E-state index in [-0.39, 0.29) is 0 Å². The van der Waals surface area contributed by atoms with E-state index in [0.717, 1.165) is 11.8 Å². The Morgan fingerprint density at radius 3 is 2.00 bits per heavy atom. The minimum atomic E-state index is 0.500. The minimum absolute atomic E-state index is 0.500. The Labute approximate surface area is 108 Å². The lowest BCUT2D eigenvalue weighted by molar-refractivity contribution is 0.0475. The molecule has 2 rings (SSSR count). The highest BCUT2D eigenvalue weighted by atomic mass is 15.0. The maximum atomic E-state index is 3.70. The molecular weight excluding hydrogens is 206 g/mol. The van der Waals surface area contributed by atoms with Gasteiger partial charge in [-0.2, -0.15) is 0 Å². The summed E-state index contributed by atoms with van der Waals surface area (Å²) in [6.45, 7) is 17.2. The summed E-state index contributed by atoms with van der Waals surface area (Å²) in [5.74, 6) is 1.60. The van der Waals surface area contributed by atoms with E-state index < -0.39 is 0 Å². The summed E-state index contributed by atoms with van der Waals surface area (Å²) in [4.78, 5) is 0. The van der Waals surface area contributed by atoms with E-state index in [0.29, 0.717) is 16.2 Å². The molecule has 0 aromatic rings. The molecule has 2 aliphatic rings. The van der Waals surface area contributed by atoms with E-state index in [1.54, 1.807) is 0 Å². The maximum absolute atomic E-state index is 3.70. The van der Waals surface area contributed by atoms with Crippen LogP contribution in [0.4, 0.5) is 0 Å². The van der Waals surface area contributed by atoms with E-state index in [1.807, 2.05) is 0 Å². The highest BCUT2D eigenvalue weighted by molar-refractivity contribution is 5.10. The number of hydrogen-bond donors (Lipinski definition) is 1. The van der Waals surface area contributed by atoms with Crippen LogP contribution in [0.3, 0.4) is 0 Å². The van der Waals surface area contributed by atoms with Crippen LogP contribution in [0.5, 0.6) is 0 Å². The molecule has 0 bridgehead atoms. The molecule has 1 aliphatic carbocycles. The van der Waals surface area contributed by atoms with Crippen molar-refractivity contribution in [1.82, 2.24) is 5.32 Å². The molecule has 100 valence electrons. The Morgan fingerprint density at radius 2 is 1.53 bits per heavy atom. The predicted octanol–water partition coefficient (Wildman–Crippen LogP) is 4.08. The Balaban J connectivity index is 2.27. The van der Waals surface area contributed by atoms with E-state index in [1.165, 1.54) is 32.4 Å². The zero-order valence-corrected chi connectivity index (χ0v) is 12.7. The first-order chi connectivity index (χ1) is 7.76. The molecule has 1 heteroatoms. The highest BCUT2D eigenvalue weighted by Gasteiger charge is 2.59. The summed E-state index contributed by atoms with van der Waals surface area (Å²) in [7, 11) is 0. The molecule has 1 aliphatic heterocycles. The van der Waals surface area contributed by atoms with Crippen molar-refractivity contribution in [3.8, 4) is 0 Å². The second-order valence-corrected chi connectivity index (χ2v) is 7.94. The van der Waals surface area contributed by atoms with Gasteiger partial charge in [0.1, 0.15) is 0 Å². The fourth-order valence-corrected chi connectivity index (χ4v) is 4.37. The molecule has 0 radical (unpaired) electrons. The van der Waals surface area contributed by atoms with Gasteiger partial charge in [-0.05, 0) is 47.3 Å². The molecule has 1 nitrogen and oxygen atoms in total. The van der Waals surface area contributed by atoms with Crippen molar-refractivity contribution >= 4 is 0 Å². The molecule has 0 aromatic heterocycles. The first-order valence-electron chi connectivity index (χ1n) is 7.47. The topological polar surface area (TPSA) is 12.0 Å². The van der Waals surface area contributed by atoms with Crippen LogP contribution in [-0.4, -0.2) is 13.1 Å². The molecule has 3 unspecified atom stereocenters. The number of nitrogens with one attached hydrogen (secondary N) is 1. The van der Waals surface area contributed by atoms with E-state index in [2.05, 4.69) is 46.9 Å². The van der Waals surface area contributed by atoms with Gasteiger partial charge >= 0.3 is 0 Å². The van der Waals surface area contributed by atoms with Gasteiger partial charge < -0.3 is 5.32 Å². The monoisotopic (exact) mass is 237 g/mol. The molecule has 2 fully saturated rings. The quantitative estimate of drug-likeness (QED) is 0.763. The zero-order valence-electron chi connectivity index (χ0n) is 12.7.